The molecule has 3 rings (SSSR count). The number of carbonyl (C=O) groups excluding carboxylic acids is 1. The van der Waals surface area contributed by atoms with Crippen LogP contribution in [0.5, 0.6) is 0 Å². The topological polar surface area (TPSA) is 81.9 Å². The molecule has 0 radical (unpaired) electrons. The molecule has 6 heteroatoms. The average molecular weight is 307 g/mol. The van der Waals surface area contributed by atoms with Crippen LogP contribution in [0.4, 0.5) is 0 Å². The molecule has 1 saturated heterocycles. The van der Waals surface area contributed by atoms with E-state index < -0.39 is 0 Å². The van der Waals surface area contributed by atoms with E-state index in [2.05, 4.69) is 21.4 Å². The Morgan fingerprint density at radius 1 is 1.22 bits per heavy atom. The highest BCUT2D eigenvalue weighted by atomic mass is 16.2. The van der Waals surface area contributed by atoms with E-state index in [0.29, 0.717) is 18.7 Å². The number of amides is 1. The maximum absolute atomic E-state index is 12.4. The van der Waals surface area contributed by atoms with Gasteiger partial charge in [-0.1, -0.05) is 12.1 Å². The number of nitriles is 1. The fourth-order valence-corrected chi connectivity index (χ4v) is 2.65. The zero-order valence-corrected chi connectivity index (χ0v) is 12.6. The van der Waals surface area contributed by atoms with Crippen molar-refractivity contribution in [1.82, 2.24) is 20.2 Å². The summed E-state index contributed by atoms with van der Waals surface area (Å²) >= 11 is 0. The molecule has 1 N–H and O–H groups in total. The fraction of sp³-hybridized carbons (Fsp3) is 0.294. The van der Waals surface area contributed by atoms with Gasteiger partial charge in [0.25, 0.3) is 0 Å². The summed E-state index contributed by atoms with van der Waals surface area (Å²) < 4.78 is 0. The molecule has 1 aliphatic heterocycles. The number of carbonyl (C=O) groups is 1. The number of likely N-dealkylation sites (tertiary alicyclic amines) is 1. The number of hydrogen-bond donors (Lipinski definition) is 1. The van der Waals surface area contributed by atoms with Crippen LogP contribution in [0.2, 0.25) is 0 Å². The standard InChI is InChI=1S/C17H17N5O/c18-7-13-1-3-14(4-2-13)11-22-6-5-16(17(22)23)21-10-15-8-19-12-20-9-15/h1-4,8-9,12,16,21H,5-6,10-11H2/t16-/m1/s1. The van der Waals surface area contributed by atoms with Crippen molar-refractivity contribution in [3.05, 3.63) is 59.7 Å². The lowest BCUT2D eigenvalue weighted by Crippen LogP contribution is -2.37. The molecule has 0 saturated carbocycles. The number of nitrogens with zero attached hydrogens (tertiary/aromatic N) is 4. The van der Waals surface area contributed by atoms with Gasteiger partial charge in [-0.25, -0.2) is 9.97 Å². The Morgan fingerprint density at radius 2 is 1.96 bits per heavy atom. The van der Waals surface area contributed by atoms with E-state index in [1.54, 1.807) is 24.5 Å². The molecule has 2 aromatic rings. The van der Waals surface area contributed by atoms with Gasteiger partial charge in [-0.05, 0) is 24.1 Å². The predicted octanol–water partition coefficient (Wildman–Crippen LogP) is 1.24. The highest BCUT2D eigenvalue weighted by Gasteiger charge is 2.30. The smallest absolute Gasteiger partial charge is 0.240 e. The normalized spacial score (nSPS) is 17.3. The quantitative estimate of drug-likeness (QED) is 0.898. The molecule has 1 atom stereocenters. The summed E-state index contributed by atoms with van der Waals surface area (Å²) in [7, 11) is 0. The molecule has 0 unspecified atom stereocenters. The molecular weight excluding hydrogens is 290 g/mol. The largest absolute Gasteiger partial charge is 0.337 e. The lowest BCUT2D eigenvalue weighted by atomic mass is 10.1. The number of hydrogen-bond acceptors (Lipinski definition) is 5. The van der Waals surface area contributed by atoms with E-state index in [-0.39, 0.29) is 11.9 Å². The van der Waals surface area contributed by atoms with Gasteiger partial charge in [0.15, 0.2) is 0 Å². The van der Waals surface area contributed by atoms with E-state index in [9.17, 15) is 4.79 Å². The molecule has 0 aliphatic carbocycles. The zero-order valence-electron chi connectivity index (χ0n) is 12.6. The van der Waals surface area contributed by atoms with Crippen molar-refractivity contribution in [3.63, 3.8) is 0 Å². The Bertz CT molecular complexity index is 708. The van der Waals surface area contributed by atoms with Gasteiger partial charge in [0.05, 0.1) is 17.7 Å². The van der Waals surface area contributed by atoms with Crippen LogP contribution >= 0.6 is 0 Å². The van der Waals surface area contributed by atoms with Crippen molar-refractivity contribution in [2.75, 3.05) is 6.54 Å². The number of benzene rings is 1. The van der Waals surface area contributed by atoms with Crippen molar-refractivity contribution in [2.45, 2.75) is 25.6 Å². The molecule has 1 aromatic heterocycles. The van der Waals surface area contributed by atoms with E-state index >= 15 is 0 Å². The van der Waals surface area contributed by atoms with Crippen LogP contribution in [0.1, 0.15) is 23.1 Å². The Balaban J connectivity index is 1.55. The summed E-state index contributed by atoms with van der Waals surface area (Å²) in [5, 5.41) is 12.1. The lowest BCUT2D eigenvalue weighted by molar-refractivity contribution is -0.129. The van der Waals surface area contributed by atoms with E-state index in [4.69, 9.17) is 5.26 Å². The first-order valence-corrected chi connectivity index (χ1v) is 7.51. The Kier molecular flexibility index (Phi) is 4.60. The molecule has 1 fully saturated rings. The fourth-order valence-electron chi connectivity index (χ4n) is 2.65. The van der Waals surface area contributed by atoms with Crippen LogP contribution < -0.4 is 5.32 Å². The summed E-state index contributed by atoms with van der Waals surface area (Å²) in [6, 6.07) is 9.29. The second-order valence-electron chi connectivity index (χ2n) is 5.54. The average Bonchev–Trinajstić information content (AvgIpc) is 2.95. The van der Waals surface area contributed by atoms with Crippen molar-refractivity contribution >= 4 is 5.91 Å². The first kappa shape index (κ1) is 15.1. The molecule has 1 aromatic carbocycles. The van der Waals surface area contributed by atoms with Crippen molar-refractivity contribution < 1.29 is 4.79 Å². The van der Waals surface area contributed by atoms with Crippen molar-refractivity contribution in [3.8, 4) is 6.07 Å². The van der Waals surface area contributed by atoms with Crippen molar-refractivity contribution in [2.24, 2.45) is 0 Å². The summed E-state index contributed by atoms with van der Waals surface area (Å²) in [4.78, 5) is 22.2. The number of nitrogens with one attached hydrogen (secondary N) is 1. The van der Waals surface area contributed by atoms with Crippen LogP contribution in [0.3, 0.4) is 0 Å². The minimum Gasteiger partial charge on any atom is -0.337 e. The van der Waals surface area contributed by atoms with Gasteiger partial charge >= 0.3 is 0 Å². The van der Waals surface area contributed by atoms with Gasteiger partial charge in [-0.3, -0.25) is 4.79 Å². The van der Waals surface area contributed by atoms with Gasteiger partial charge in [0.1, 0.15) is 6.33 Å². The Hall–Kier alpha value is -2.78. The monoisotopic (exact) mass is 307 g/mol. The third-order valence-electron chi connectivity index (χ3n) is 3.92. The summed E-state index contributed by atoms with van der Waals surface area (Å²) in [5.74, 6) is 0.117. The molecule has 23 heavy (non-hydrogen) atoms. The Morgan fingerprint density at radius 3 is 2.65 bits per heavy atom. The predicted molar refractivity (Wildman–Crippen MR) is 83.9 cm³/mol. The van der Waals surface area contributed by atoms with Gasteiger partial charge in [0, 0.05) is 37.6 Å². The second kappa shape index (κ2) is 6.99. The third-order valence-corrected chi connectivity index (χ3v) is 3.92. The van der Waals surface area contributed by atoms with Crippen LogP contribution in [-0.4, -0.2) is 33.4 Å². The minimum atomic E-state index is -0.159. The molecule has 6 nitrogen and oxygen atoms in total. The van der Waals surface area contributed by atoms with Crippen LogP contribution in [0, 0.1) is 11.3 Å². The zero-order chi connectivity index (χ0) is 16.1. The minimum absolute atomic E-state index is 0.117. The molecular formula is C17H17N5O. The van der Waals surface area contributed by atoms with Gasteiger partial charge in [-0.15, -0.1) is 0 Å². The van der Waals surface area contributed by atoms with E-state index in [1.165, 1.54) is 6.33 Å². The highest BCUT2D eigenvalue weighted by Crippen LogP contribution is 2.16. The third kappa shape index (κ3) is 3.71. The summed E-state index contributed by atoms with van der Waals surface area (Å²) in [5.41, 5.74) is 2.63. The molecule has 0 bridgehead atoms. The summed E-state index contributed by atoms with van der Waals surface area (Å²) in [6.45, 7) is 1.90. The first-order chi connectivity index (χ1) is 11.3. The van der Waals surface area contributed by atoms with Crippen LogP contribution in [0.25, 0.3) is 0 Å². The Labute approximate surface area is 134 Å². The molecule has 1 amide bonds. The van der Waals surface area contributed by atoms with Crippen molar-refractivity contribution in [1.29, 1.82) is 5.26 Å². The van der Waals surface area contributed by atoms with Crippen LogP contribution in [-0.2, 0) is 17.9 Å². The molecule has 1 aliphatic rings. The van der Waals surface area contributed by atoms with E-state index in [1.807, 2.05) is 17.0 Å². The molecule has 0 spiro atoms. The molecule has 116 valence electrons. The number of rotatable bonds is 5. The number of aromatic nitrogens is 2. The lowest BCUT2D eigenvalue weighted by Gasteiger charge is -2.17. The maximum atomic E-state index is 12.4. The van der Waals surface area contributed by atoms with Gasteiger partial charge in [-0.2, -0.15) is 5.26 Å². The second-order valence-corrected chi connectivity index (χ2v) is 5.54. The van der Waals surface area contributed by atoms with E-state index in [0.717, 1.165) is 24.1 Å². The van der Waals surface area contributed by atoms with Crippen LogP contribution in [0.15, 0.2) is 43.0 Å². The maximum Gasteiger partial charge on any atom is 0.240 e. The SMILES string of the molecule is N#Cc1ccc(CN2CC[C@@H](NCc3cncnc3)C2=O)cc1. The van der Waals surface area contributed by atoms with Gasteiger partial charge in [0.2, 0.25) is 5.91 Å². The summed E-state index contributed by atoms with van der Waals surface area (Å²) in [6.07, 6.45) is 5.77. The molecule has 2 heterocycles. The van der Waals surface area contributed by atoms with Gasteiger partial charge < -0.3 is 10.2 Å². The highest BCUT2D eigenvalue weighted by molar-refractivity contribution is 5.83. The first-order valence-electron chi connectivity index (χ1n) is 7.51.